The van der Waals surface area contributed by atoms with Crippen LogP contribution in [0, 0.1) is 10.1 Å². The van der Waals surface area contributed by atoms with Crippen molar-refractivity contribution in [2.24, 2.45) is 5.73 Å². The summed E-state index contributed by atoms with van der Waals surface area (Å²) in [5, 5.41) is 19.9. The number of nitrogens with zero attached hydrogens (tertiary/aromatic N) is 2. The van der Waals surface area contributed by atoms with Crippen LogP contribution in [0.15, 0.2) is 30.3 Å². The van der Waals surface area contributed by atoms with Crippen molar-refractivity contribution >= 4 is 6.03 Å². The van der Waals surface area contributed by atoms with Crippen LogP contribution in [0.4, 0.5) is 4.79 Å². The molecule has 86 valence electrons. The molecule has 0 aliphatic heterocycles. The molecule has 7 nitrogen and oxygen atoms in total. The lowest BCUT2D eigenvalue weighted by Gasteiger charge is -2.21. The number of carbonyl (C=O) groups excluding carboxylic acids is 1. The third-order valence-corrected chi connectivity index (χ3v) is 2.03. The quantitative estimate of drug-likeness (QED) is 0.448. The highest BCUT2D eigenvalue weighted by atomic mass is 16.6. The maximum absolute atomic E-state index is 10.8. The minimum atomic E-state index is -1.13. The Morgan fingerprint density at radius 3 is 2.50 bits per heavy atom. The van der Waals surface area contributed by atoms with Crippen LogP contribution in [0.25, 0.3) is 0 Å². The third-order valence-electron chi connectivity index (χ3n) is 2.03. The van der Waals surface area contributed by atoms with Crippen LogP contribution in [-0.4, -0.2) is 27.8 Å². The Balaban J connectivity index is 2.96. The van der Waals surface area contributed by atoms with E-state index in [4.69, 9.17) is 5.73 Å². The molecule has 3 N–H and O–H groups in total. The number of hydroxylamine groups is 2. The van der Waals surface area contributed by atoms with Crippen molar-refractivity contribution in [3.05, 3.63) is 46.0 Å². The standard InChI is InChI=1S/C9H11N3O4/c10-9(13)12(16)8(6-11(14)15)7-4-2-1-3-5-7/h1-5,8,16H,6H2,(H2,10,13)/t8-/m0/s1. The molecule has 0 unspecified atom stereocenters. The van der Waals surface area contributed by atoms with Gasteiger partial charge in [0.05, 0.1) is 0 Å². The molecular formula is C9H11N3O4. The lowest BCUT2D eigenvalue weighted by molar-refractivity contribution is -0.491. The van der Waals surface area contributed by atoms with Gasteiger partial charge in [0.2, 0.25) is 6.54 Å². The Morgan fingerprint density at radius 1 is 1.50 bits per heavy atom. The first-order valence-electron chi connectivity index (χ1n) is 4.46. The number of carbonyl (C=O) groups is 1. The lowest BCUT2D eigenvalue weighted by atomic mass is 10.1. The maximum Gasteiger partial charge on any atom is 0.339 e. The van der Waals surface area contributed by atoms with E-state index in [9.17, 15) is 20.1 Å². The Morgan fingerprint density at radius 2 is 2.06 bits per heavy atom. The van der Waals surface area contributed by atoms with Gasteiger partial charge in [0.25, 0.3) is 0 Å². The molecule has 0 aromatic heterocycles. The van der Waals surface area contributed by atoms with E-state index in [1.54, 1.807) is 30.3 Å². The van der Waals surface area contributed by atoms with E-state index in [1.165, 1.54) is 0 Å². The fourth-order valence-electron chi connectivity index (χ4n) is 1.29. The van der Waals surface area contributed by atoms with E-state index in [0.29, 0.717) is 5.56 Å². The van der Waals surface area contributed by atoms with Gasteiger partial charge in [0.15, 0.2) is 6.04 Å². The molecule has 1 aromatic carbocycles. The molecule has 1 aromatic rings. The molecule has 0 aliphatic rings. The van der Waals surface area contributed by atoms with Crippen LogP contribution in [0.3, 0.4) is 0 Å². The van der Waals surface area contributed by atoms with Gasteiger partial charge in [-0.25, -0.2) is 4.79 Å². The van der Waals surface area contributed by atoms with E-state index in [1.807, 2.05) is 0 Å². The highest BCUT2D eigenvalue weighted by molar-refractivity contribution is 5.71. The highest BCUT2D eigenvalue weighted by Crippen LogP contribution is 2.18. The van der Waals surface area contributed by atoms with Gasteiger partial charge in [-0.3, -0.25) is 15.3 Å². The van der Waals surface area contributed by atoms with Crippen molar-refractivity contribution < 1.29 is 14.9 Å². The predicted molar refractivity (Wildman–Crippen MR) is 54.3 cm³/mol. The van der Waals surface area contributed by atoms with E-state index in [-0.39, 0.29) is 5.06 Å². The van der Waals surface area contributed by atoms with Crippen molar-refractivity contribution in [2.45, 2.75) is 6.04 Å². The van der Waals surface area contributed by atoms with Gasteiger partial charge < -0.3 is 5.73 Å². The number of urea groups is 1. The first-order valence-corrected chi connectivity index (χ1v) is 4.46. The van der Waals surface area contributed by atoms with Crippen molar-refractivity contribution in [1.29, 1.82) is 0 Å². The molecule has 0 saturated carbocycles. The number of hydrogen-bond donors (Lipinski definition) is 2. The largest absolute Gasteiger partial charge is 0.350 e. The average Bonchev–Trinajstić information content (AvgIpc) is 2.26. The second-order valence-electron chi connectivity index (χ2n) is 3.12. The van der Waals surface area contributed by atoms with Crippen molar-refractivity contribution in [1.82, 2.24) is 5.06 Å². The number of primary amides is 1. The number of nitrogens with two attached hydrogens (primary N) is 1. The van der Waals surface area contributed by atoms with Gasteiger partial charge in [-0.2, -0.15) is 5.06 Å². The molecule has 7 heteroatoms. The highest BCUT2D eigenvalue weighted by Gasteiger charge is 2.26. The molecule has 0 saturated heterocycles. The summed E-state index contributed by atoms with van der Waals surface area (Å²) in [5.74, 6) is 0. The van der Waals surface area contributed by atoms with Crippen LogP contribution in [0.1, 0.15) is 11.6 Å². The molecule has 1 atom stereocenters. The maximum atomic E-state index is 10.8. The molecule has 2 amide bonds. The Labute approximate surface area is 91.2 Å². The van der Waals surface area contributed by atoms with Gasteiger partial charge in [0.1, 0.15) is 0 Å². The fraction of sp³-hybridized carbons (Fsp3) is 0.222. The molecule has 0 spiro atoms. The minimum absolute atomic E-state index is 0.165. The minimum Gasteiger partial charge on any atom is -0.350 e. The van der Waals surface area contributed by atoms with Crippen molar-refractivity contribution in [2.75, 3.05) is 6.54 Å². The normalized spacial score (nSPS) is 11.8. The molecule has 16 heavy (non-hydrogen) atoms. The molecule has 0 bridgehead atoms. The monoisotopic (exact) mass is 225 g/mol. The van der Waals surface area contributed by atoms with Gasteiger partial charge in [-0.05, 0) is 5.56 Å². The third kappa shape index (κ3) is 2.92. The van der Waals surface area contributed by atoms with E-state index in [2.05, 4.69) is 0 Å². The first kappa shape index (κ1) is 11.9. The topological polar surface area (TPSA) is 110 Å². The molecule has 0 fully saturated rings. The fourth-order valence-corrected chi connectivity index (χ4v) is 1.29. The average molecular weight is 225 g/mol. The molecular weight excluding hydrogens is 214 g/mol. The molecule has 1 rings (SSSR count). The van der Waals surface area contributed by atoms with Gasteiger partial charge in [0, 0.05) is 4.92 Å². The summed E-state index contributed by atoms with van der Waals surface area (Å²) >= 11 is 0. The van der Waals surface area contributed by atoms with Crippen LogP contribution in [0.5, 0.6) is 0 Å². The van der Waals surface area contributed by atoms with E-state index in [0.717, 1.165) is 0 Å². The van der Waals surface area contributed by atoms with E-state index < -0.39 is 23.5 Å². The Kier molecular flexibility index (Phi) is 3.78. The second-order valence-corrected chi connectivity index (χ2v) is 3.12. The first-order chi connectivity index (χ1) is 7.52. The zero-order valence-electron chi connectivity index (χ0n) is 8.31. The van der Waals surface area contributed by atoms with Gasteiger partial charge >= 0.3 is 6.03 Å². The zero-order chi connectivity index (χ0) is 12.1. The number of nitro groups is 1. The van der Waals surface area contributed by atoms with Gasteiger partial charge in [-0.15, -0.1) is 0 Å². The molecule has 0 radical (unpaired) electrons. The number of amides is 2. The van der Waals surface area contributed by atoms with Crippen LogP contribution < -0.4 is 5.73 Å². The van der Waals surface area contributed by atoms with Crippen LogP contribution in [-0.2, 0) is 0 Å². The van der Waals surface area contributed by atoms with Crippen molar-refractivity contribution in [3.63, 3.8) is 0 Å². The summed E-state index contributed by atoms with van der Waals surface area (Å²) in [7, 11) is 0. The summed E-state index contributed by atoms with van der Waals surface area (Å²) in [6.07, 6.45) is 0. The van der Waals surface area contributed by atoms with Crippen molar-refractivity contribution in [3.8, 4) is 0 Å². The van der Waals surface area contributed by atoms with Crippen LogP contribution in [0.2, 0.25) is 0 Å². The SMILES string of the molecule is NC(=O)N(O)[C@@H](C[N+](=O)[O-])c1ccccc1. The summed E-state index contributed by atoms with van der Waals surface area (Å²) in [5.41, 5.74) is 5.31. The van der Waals surface area contributed by atoms with Crippen LogP contribution >= 0.6 is 0 Å². The second kappa shape index (κ2) is 5.08. The number of rotatable bonds is 4. The molecule has 0 heterocycles. The molecule has 0 aliphatic carbocycles. The predicted octanol–water partition coefficient (Wildman–Crippen LogP) is 0.774. The number of benzene rings is 1. The van der Waals surface area contributed by atoms with E-state index >= 15 is 0 Å². The summed E-state index contributed by atoms with van der Waals surface area (Å²) in [6.45, 7) is -0.608. The summed E-state index contributed by atoms with van der Waals surface area (Å²) < 4.78 is 0. The van der Waals surface area contributed by atoms with Gasteiger partial charge in [-0.1, -0.05) is 30.3 Å². The zero-order valence-corrected chi connectivity index (χ0v) is 8.31. The Hall–Kier alpha value is -2.15. The summed E-state index contributed by atoms with van der Waals surface area (Å²) in [4.78, 5) is 20.6. The smallest absolute Gasteiger partial charge is 0.339 e. The summed E-state index contributed by atoms with van der Waals surface area (Å²) in [6, 6.07) is 5.96. The Bertz CT molecular complexity index is 382. The lowest BCUT2D eigenvalue weighted by Crippen LogP contribution is -2.39. The number of hydrogen-bond acceptors (Lipinski definition) is 4.